The summed E-state index contributed by atoms with van der Waals surface area (Å²) < 4.78 is 0. The van der Waals surface area contributed by atoms with Gasteiger partial charge in [-0.15, -0.1) is 10.2 Å². The number of halogens is 2. The molecule has 2 aromatic carbocycles. The lowest BCUT2D eigenvalue weighted by molar-refractivity contribution is -0.119. The van der Waals surface area contributed by atoms with Gasteiger partial charge in [0.1, 0.15) is 11.0 Å². The molecule has 0 aliphatic heterocycles. The molecule has 3 aromatic rings. The fourth-order valence-electron chi connectivity index (χ4n) is 2.69. The number of hydrogen-bond acceptors (Lipinski definition) is 5. The number of carbonyl (C=O) groups is 2. The van der Waals surface area contributed by atoms with Crippen LogP contribution in [0, 0.1) is 5.92 Å². The lowest BCUT2D eigenvalue weighted by Crippen LogP contribution is -2.47. The van der Waals surface area contributed by atoms with Crippen molar-refractivity contribution in [3.05, 3.63) is 64.1 Å². The van der Waals surface area contributed by atoms with Crippen molar-refractivity contribution in [3.8, 4) is 10.6 Å². The first-order valence-corrected chi connectivity index (χ1v) is 10.9. The molecule has 2 amide bonds. The molecule has 0 spiro atoms. The minimum absolute atomic E-state index is 0.0788. The third-order valence-corrected chi connectivity index (χ3v) is 6.03. The Morgan fingerprint density at radius 2 is 1.60 bits per heavy atom. The van der Waals surface area contributed by atoms with Gasteiger partial charge in [-0.2, -0.15) is 0 Å². The number of aromatic nitrogens is 2. The summed E-state index contributed by atoms with van der Waals surface area (Å²) in [6, 6.07) is 13.0. The largest absolute Gasteiger partial charge is 0.340 e. The molecule has 0 aliphatic rings. The van der Waals surface area contributed by atoms with Gasteiger partial charge in [-0.3, -0.25) is 14.9 Å². The van der Waals surface area contributed by atoms with Gasteiger partial charge in [-0.25, -0.2) is 0 Å². The van der Waals surface area contributed by atoms with Crippen LogP contribution in [0.15, 0.2) is 48.5 Å². The van der Waals surface area contributed by atoms with Crippen molar-refractivity contribution in [1.82, 2.24) is 15.5 Å². The standard InChI is InChI=1S/C21H20Cl2N4O2S/c1-3-12(2)17(24-18(28)13-4-8-15(22)9-5-13)19(29)25-21-27-26-20(30-21)14-6-10-16(23)11-7-14/h4-12,17H,3H2,1-2H3,(H,24,28)(H,25,27,29). The van der Waals surface area contributed by atoms with Crippen molar-refractivity contribution in [1.29, 1.82) is 0 Å². The van der Waals surface area contributed by atoms with Crippen molar-refractivity contribution >= 4 is 51.5 Å². The number of nitrogens with zero attached hydrogens (tertiary/aromatic N) is 2. The second kappa shape index (κ2) is 10.0. The van der Waals surface area contributed by atoms with Crippen molar-refractivity contribution in [2.75, 3.05) is 5.32 Å². The van der Waals surface area contributed by atoms with E-state index in [-0.39, 0.29) is 17.7 Å². The number of amides is 2. The molecule has 156 valence electrons. The molecule has 9 heteroatoms. The SMILES string of the molecule is CCC(C)C(NC(=O)c1ccc(Cl)cc1)C(=O)Nc1nnc(-c2ccc(Cl)cc2)s1. The summed E-state index contributed by atoms with van der Waals surface area (Å²) in [6.07, 6.45) is 0.713. The van der Waals surface area contributed by atoms with E-state index in [1.54, 1.807) is 36.4 Å². The molecule has 2 atom stereocenters. The van der Waals surface area contributed by atoms with Crippen molar-refractivity contribution < 1.29 is 9.59 Å². The maximum Gasteiger partial charge on any atom is 0.251 e. The van der Waals surface area contributed by atoms with Crippen LogP contribution in [0.3, 0.4) is 0 Å². The Morgan fingerprint density at radius 1 is 1.00 bits per heavy atom. The van der Waals surface area contributed by atoms with Crippen LogP contribution in [0.25, 0.3) is 10.6 Å². The first-order chi connectivity index (χ1) is 14.4. The van der Waals surface area contributed by atoms with Gasteiger partial charge in [0.15, 0.2) is 0 Å². The molecule has 0 bridgehead atoms. The number of anilines is 1. The van der Waals surface area contributed by atoms with Crippen LogP contribution in [-0.2, 0) is 4.79 Å². The van der Waals surface area contributed by atoms with E-state index in [9.17, 15) is 9.59 Å². The maximum absolute atomic E-state index is 12.9. The molecule has 3 rings (SSSR count). The monoisotopic (exact) mass is 462 g/mol. The van der Waals surface area contributed by atoms with Crippen LogP contribution < -0.4 is 10.6 Å². The fraction of sp³-hybridized carbons (Fsp3) is 0.238. The van der Waals surface area contributed by atoms with Gasteiger partial charge in [-0.05, 0) is 42.3 Å². The number of hydrogen-bond donors (Lipinski definition) is 2. The smallest absolute Gasteiger partial charge is 0.251 e. The average molecular weight is 463 g/mol. The summed E-state index contributed by atoms with van der Waals surface area (Å²) in [4.78, 5) is 25.5. The predicted octanol–water partition coefficient (Wildman–Crippen LogP) is 5.30. The third kappa shape index (κ3) is 5.56. The average Bonchev–Trinajstić information content (AvgIpc) is 3.20. The van der Waals surface area contributed by atoms with E-state index in [1.807, 2.05) is 26.0 Å². The molecule has 0 fully saturated rings. The van der Waals surface area contributed by atoms with Crippen LogP contribution >= 0.6 is 34.5 Å². The minimum Gasteiger partial charge on any atom is -0.340 e. The summed E-state index contributed by atoms with van der Waals surface area (Å²) in [5.41, 5.74) is 1.29. The van der Waals surface area contributed by atoms with Gasteiger partial charge in [0.2, 0.25) is 11.0 Å². The van der Waals surface area contributed by atoms with E-state index < -0.39 is 6.04 Å². The van der Waals surface area contributed by atoms with Gasteiger partial charge in [-0.1, -0.05) is 66.9 Å². The molecule has 0 saturated carbocycles. The Hall–Kier alpha value is -2.48. The molecule has 6 nitrogen and oxygen atoms in total. The van der Waals surface area contributed by atoms with E-state index in [2.05, 4.69) is 20.8 Å². The van der Waals surface area contributed by atoms with Crippen molar-refractivity contribution in [3.63, 3.8) is 0 Å². The lowest BCUT2D eigenvalue weighted by Gasteiger charge is -2.23. The number of nitrogens with one attached hydrogen (secondary N) is 2. The highest BCUT2D eigenvalue weighted by molar-refractivity contribution is 7.18. The highest BCUT2D eigenvalue weighted by Crippen LogP contribution is 2.27. The van der Waals surface area contributed by atoms with Crippen LogP contribution in [0.5, 0.6) is 0 Å². The molecule has 2 N–H and O–H groups in total. The van der Waals surface area contributed by atoms with Crippen LogP contribution in [0.1, 0.15) is 30.6 Å². The Morgan fingerprint density at radius 3 is 2.20 bits per heavy atom. The highest BCUT2D eigenvalue weighted by atomic mass is 35.5. The minimum atomic E-state index is -0.721. The second-order valence-electron chi connectivity index (χ2n) is 6.75. The predicted molar refractivity (Wildman–Crippen MR) is 121 cm³/mol. The lowest BCUT2D eigenvalue weighted by atomic mass is 9.98. The maximum atomic E-state index is 12.9. The van der Waals surface area contributed by atoms with E-state index in [0.717, 1.165) is 5.56 Å². The van der Waals surface area contributed by atoms with E-state index in [0.29, 0.717) is 32.2 Å². The van der Waals surface area contributed by atoms with E-state index in [1.165, 1.54) is 11.3 Å². The van der Waals surface area contributed by atoms with E-state index in [4.69, 9.17) is 23.2 Å². The third-order valence-electron chi connectivity index (χ3n) is 4.63. The summed E-state index contributed by atoms with van der Waals surface area (Å²) in [7, 11) is 0. The first kappa shape index (κ1) is 22.2. The number of benzene rings is 2. The summed E-state index contributed by atoms with van der Waals surface area (Å²) in [5, 5.41) is 15.9. The van der Waals surface area contributed by atoms with Gasteiger partial charge >= 0.3 is 0 Å². The topological polar surface area (TPSA) is 84.0 Å². The van der Waals surface area contributed by atoms with Crippen molar-refractivity contribution in [2.45, 2.75) is 26.3 Å². The molecule has 2 unspecified atom stereocenters. The van der Waals surface area contributed by atoms with Crippen LogP contribution in [0.2, 0.25) is 10.0 Å². The van der Waals surface area contributed by atoms with E-state index >= 15 is 0 Å². The highest BCUT2D eigenvalue weighted by Gasteiger charge is 2.27. The first-order valence-electron chi connectivity index (χ1n) is 9.34. The molecule has 0 aliphatic carbocycles. The zero-order chi connectivity index (χ0) is 21.7. The quantitative estimate of drug-likeness (QED) is 0.499. The zero-order valence-corrected chi connectivity index (χ0v) is 18.7. The molecule has 30 heavy (non-hydrogen) atoms. The Balaban J connectivity index is 1.72. The number of carbonyl (C=O) groups excluding carboxylic acids is 2. The summed E-state index contributed by atoms with van der Waals surface area (Å²) in [5.74, 6) is -0.762. The Kier molecular flexibility index (Phi) is 7.42. The second-order valence-corrected chi connectivity index (χ2v) is 8.60. The molecule has 0 radical (unpaired) electrons. The molecule has 0 saturated heterocycles. The molecular weight excluding hydrogens is 443 g/mol. The normalized spacial score (nSPS) is 12.8. The summed E-state index contributed by atoms with van der Waals surface area (Å²) in [6.45, 7) is 3.87. The van der Waals surface area contributed by atoms with Crippen LogP contribution in [-0.4, -0.2) is 28.1 Å². The zero-order valence-electron chi connectivity index (χ0n) is 16.4. The van der Waals surface area contributed by atoms with Gasteiger partial charge in [0, 0.05) is 21.2 Å². The Bertz CT molecular complexity index is 1020. The molecule has 1 heterocycles. The fourth-order valence-corrected chi connectivity index (χ4v) is 3.70. The molecule has 1 aromatic heterocycles. The van der Waals surface area contributed by atoms with Gasteiger partial charge in [0.25, 0.3) is 5.91 Å². The Labute approximate surface area is 188 Å². The van der Waals surface area contributed by atoms with Crippen molar-refractivity contribution in [2.24, 2.45) is 5.92 Å². The van der Waals surface area contributed by atoms with Gasteiger partial charge < -0.3 is 5.32 Å². The van der Waals surface area contributed by atoms with Gasteiger partial charge in [0.05, 0.1) is 0 Å². The summed E-state index contributed by atoms with van der Waals surface area (Å²) >= 11 is 13.0. The molecular formula is C21H20Cl2N4O2S. The van der Waals surface area contributed by atoms with Crippen LogP contribution in [0.4, 0.5) is 5.13 Å². The number of rotatable bonds is 7.